The number of carboxylic acid groups (broad SMARTS) is 1. The predicted molar refractivity (Wildman–Crippen MR) is 72.2 cm³/mol. The Bertz CT molecular complexity index is 410. The highest BCUT2D eigenvalue weighted by molar-refractivity contribution is 7.99. The maximum absolute atomic E-state index is 10.7. The van der Waals surface area contributed by atoms with E-state index in [2.05, 4.69) is 22.4 Å². The minimum absolute atomic E-state index is 0.0218. The first kappa shape index (κ1) is 13.1. The van der Waals surface area contributed by atoms with Crippen LogP contribution in [-0.2, 0) is 0 Å². The number of nitrogens with zero attached hydrogens (tertiary/aromatic N) is 2. The Kier molecular flexibility index (Phi) is 4.41. The number of anilines is 1. The van der Waals surface area contributed by atoms with Gasteiger partial charge in [0.2, 0.25) is 0 Å². The van der Waals surface area contributed by atoms with Gasteiger partial charge in [-0.15, -0.1) is 10.2 Å². The summed E-state index contributed by atoms with van der Waals surface area (Å²) in [5.41, 5.74) is -0.0218. The summed E-state index contributed by atoms with van der Waals surface area (Å²) in [6.07, 6.45) is 3.60. The quantitative estimate of drug-likeness (QED) is 0.852. The van der Waals surface area contributed by atoms with E-state index in [0.29, 0.717) is 17.1 Å². The van der Waals surface area contributed by atoms with Crippen molar-refractivity contribution in [1.82, 2.24) is 10.2 Å². The Hall–Kier alpha value is -1.30. The van der Waals surface area contributed by atoms with Crippen molar-refractivity contribution in [2.75, 3.05) is 11.1 Å². The minimum Gasteiger partial charge on any atom is -0.476 e. The zero-order valence-electron chi connectivity index (χ0n) is 10.3. The number of nitrogens with one attached hydrogen (secondary N) is 1. The Morgan fingerprint density at radius 1 is 1.50 bits per heavy atom. The molecule has 2 N–H and O–H groups in total. The molecule has 1 aromatic heterocycles. The van der Waals surface area contributed by atoms with Gasteiger partial charge in [-0.25, -0.2) is 4.79 Å². The fourth-order valence-electron chi connectivity index (χ4n) is 2.22. The number of aromatic nitrogens is 2. The first-order valence-electron chi connectivity index (χ1n) is 6.16. The molecule has 6 heteroatoms. The molecule has 1 heterocycles. The average Bonchev–Trinajstić information content (AvgIpc) is 2.78. The molecule has 0 aliphatic heterocycles. The van der Waals surface area contributed by atoms with E-state index in [1.165, 1.54) is 18.9 Å². The van der Waals surface area contributed by atoms with Crippen molar-refractivity contribution < 1.29 is 9.90 Å². The maximum Gasteiger partial charge on any atom is 0.356 e. The molecule has 2 atom stereocenters. The van der Waals surface area contributed by atoms with Crippen LogP contribution in [-0.4, -0.2) is 38.3 Å². The Morgan fingerprint density at radius 2 is 2.33 bits per heavy atom. The second-order valence-corrected chi connectivity index (χ2v) is 5.80. The number of aromatic carboxylic acids is 1. The molecule has 1 aromatic rings. The van der Waals surface area contributed by atoms with Crippen LogP contribution in [0, 0.1) is 0 Å². The lowest BCUT2D eigenvalue weighted by molar-refractivity contribution is 0.0689. The SMILES string of the molecule is CCSC1CCCC1Nc1ccc(C(=O)O)nn1. The van der Waals surface area contributed by atoms with E-state index in [1.54, 1.807) is 6.07 Å². The third kappa shape index (κ3) is 3.13. The van der Waals surface area contributed by atoms with Gasteiger partial charge < -0.3 is 10.4 Å². The molecule has 5 nitrogen and oxygen atoms in total. The van der Waals surface area contributed by atoms with Gasteiger partial charge in [-0.2, -0.15) is 11.8 Å². The first-order valence-corrected chi connectivity index (χ1v) is 7.20. The lowest BCUT2D eigenvalue weighted by Crippen LogP contribution is -2.26. The number of hydrogen-bond acceptors (Lipinski definition) is 5. The molecule has 0 spiro atoms. The summed E-state index contributed by atoms with van der Waals surface area (Å²) in [7, 11) is 0. The fraction of sp³-hybridized carbons (Fsp3) is 0.583. The van der Waals surface area contributed by atoms with Crippen molar-refractivity contribution in [1.29, 1.82) is 0 Å². The number of carboxylic acids is 1. The molecular weight excluding hydrogens is 250 g/mol. The predicted octanol–water partition coefficient (Wildman–Crippen LogP) is 2.26. The van der Waals surface area contributed by atoms with Gasteiger partial charge in [-0.05, 0) is 30.7 Å². The highest BCUT2D eigenvalue weighted by atomic mass is 32.2. The van der Waals surface area contributed by atoms with Gasteiger partial charge in [0.1, 0.15) is 5.82 Å². The van der Waals surface area contributed by atoms with Gasteiger partial charge in [-0.1, -0.05) is 13.3 Å². The summed E-state index contributed by atoms with van der Waals surface area (Å²) < 4.78 is 0. The van der Waals surface area contributed by atoms with Crippen LogP contribution >= 0.6 is 11.8 Å². The molecule has 98 valence electrons. The maximum atomic E-state index is 10.7. The molecular formula is C12H17N3O2S. The monoisotopic (exact) mass is 267 g/mol. The summed E-state index contributed by atoms with van der Waals surface area (Å²) in [5, 5.41) is 20.3. The first-order chi connectivity index (χ1) is 8.70. The highest BCUT2D eigenvalue weighted by Gasteiger charge is 2.27. The van der Waals surface area contributed by atoms with Gasteiger partial charge in [0.05, 0.1) is 0 Å². The Morgan fingerprint density at radius 3 is 2.94 bits per heavy atom. The summed E-state index contributed by atoms with van der Waals surface area (Å²) >= 11 is 1.97. The van der Waals surface area contributed by atoms with Gasteiger partial charge in [0.15, 0.2) is 5.69 Å². The van der Waals surface area contributed by atoms with Crippen molar-refractivity contribution in [3.8, 4) is 0 Å². The van der Waals surface area contributed by atoms with Crippen LogP contribution in [0.4, 0.5) is 5.82 Å². The number of carbonyl (C=O) groups is 1. The molecule has 0 radical (unpaired) electrons. The third-order valence-electron chi connectivity index (χ3n) is 3.05. The lowest BCUT2D eigenvalue weighted by Gasteiger charge is -2.20. The minimum atomic E-state index is -1.05. The van der Waals surface area contributed by atoms with E-state index < -0.39 is 5.97 Å². The second kappa shape index (κ2) is 6.04. The number of hydrogen-bond donors (Lipinski definition) is 2. The van der Waals surface area contributed by atoms with E-state index in [1.807, 2.05) is 11.8 Å². The zero-order chi connectivity index (χ0) is 13.0. The topological polar surface area (TPSA) is 75.1 Å². The summed E-state index contributed by atoms with van der Waals surface area (Å²) in [4.78, 5) is 10.7. The van der Waals surface area contributed by atoms with E-state index >= 15 is 0 Å². The molecule has 1 saturated carbocycles. The molecule has 0 saturated heterocycles. The molecule has 0 amide bonds. The normalized spacial score (nSPS) is 22.9. The summed E-state index contributed by atoms with van der Waals surface area (Å²) in [6.45, 7) is 2.17. The van der Waals surface area contributed by atoms with E-state index in [9.17, 15) is 4.79 Å². The molecule has 2 rings (SSSR count). The van der Waals surface area contributed by atoms with E-state index in [-0.39, 0.29) is 5.69 Å². The molecule has 0 aromatic carbocycles. The van der Waals surface area contributed by atoms with Crippen LogP contribution in [0.1, 0.15) is 36.7 Å². The molecule has 18 heavy (non-hydrogen) atoms. The smallest absolute Gasteiger partial charge is 0.356 e. The molecule has 2 unspecified atom stereocenters. The van der Waals surface area contributed by atoms with E-state index in [4.69, 9.17) is 5.11 Å². The standard InChI is InChI=1S/C12H17N3O2S/c1-2-18-10-5-3-4-8(10)13-11-7-6-9(12(16)17)14-15-11/h6-8,10H,2-5H2,1H3,(H,13,15)(H,16,17). The summed E-state index contributed by atoms with van der Waals surface area (Å²) in [6, 6.07) is 3.58. The Balaban J connectivity index is 1.98. The molecule has 1 aliphatic carbocycles. The zero-order valence-corrected chi connectivity index (χ0v) is 11.1. The van der Waals surface area contributed by atoms with Gasteiger partial charge in [0.25, 0.3) is 0 Å². The van der Waals surface area contributed by atoms with Gasteiger partial charge in [-0.3, -0.25) is 0 Å². The van der Waals surface area contributed by atoms with Crippen molar-refractivity contribution in [2.45, 2.75) is 37.5 Å². The molecule has 1 fully saturated rings. The fourth-order valence-corrected chi connectivity index (χ4v) is 3.42. The highest BCUT2D eigenvalue weighted by Crippen LogP contribution is 2.31. The van der Waals surface area contributed by atoms with Crippen molar-refractivity contribution in [3.05, 3.63) is 17.8 Å². The Labute approximate surface area is 110 Å². The van der Waals surface area contributed by atoms with Crippen LogP contribution < -0.4 is 5.32 Å². The van der Waals surface area contributed by atoms with Crippen molar-refractivity contribution >= 4 is 23.5 Å². The summed E-state index contributed by atoms with van der Waals surface area (Å²) in [5.74, 6) is 0.731. The second-order valence-electron chi connectivity index (χ2n) is 4.28. The number of rotatable bonds is 5. The number of thioether (sulfide) groups is 1. The van der Waals surface area contributed by atoms with E-state index in [0.717, 1.165) is 12.2 Å². The van der Waals surface area contributed by atoms with Crippen molar-refractivity contribution in [3.63, 3.8) is 0 Å². The van der Waals surface area contributed by atoms with Crippen LogP contribution in [0.2, 0.25) is 0 Å². The van der Waals surface area contributed by atoms with Crippen LogP contribution in [0.5, 0.6) is 0 Å². The molecule has 0 bridgehead atoms. The molecule has 1 aliphatic rings. The third-order valence-corrected chi connectivity index (χ3v) is 4.38. The van der Waals surface area contributed by atoms with Crippen molar-refractivity contribution in [2.24, 2.45) is 0 Å². The average molecular weight is 267 g/mol. The van der Waals surface area contributed by atoms with Crippen LogP contribution in [0.25, 0.3) is 0 Å². The lowest BCUT2D eigenvalue weighted by atomic mass is 10.2. The van der Waals surface area contributed by atoms with Gasteiger partial charge in [0, 0.05) is 11.3 Å². The van der Waals surface area contributed by atoms with Gasteiger partial charge >= 0.3 is 5.97 Å². The largest absolute Gasteiger partial charge is 0.476 e. The van der Waals surface area contributed by atoms with Crippen LogP contribution in [0.3, 0.4) is 0 Å². The van der Waals surface area contributed by atoms with Crippen LogP contribution in [0.15, 0.2) is 12.1 Å².